The first-order valence-corrected chi connectivity index (χ1v) is 12.6. The fourth-order valence-electron chi connectivity index (χ4n) is 5.71. The number of carbonyl (C=O) groups excluding carboxylic acids is 2. The van der Waals surface area contributed by atoms with E-state index in [2.05, 4.69) is 34.9 Å². The summed E-state index contributed by atoms with van der Waals surface area (Å²) < 4.78 is 5.61. The summed E-state index contributed by atoms with van der Waals surface area (Å²) in [6.07, 6.45) is 4.59. The van der Waals surface area contributed by atoms with Crippen LogP contribution in [0.1, 0.15) is 62.0 Å². The third-order valence-electron chi connectivity index (χ3n) is 7.91. The Morgan fingerprint density at radius 1 is 0.943 bits per heavy atom. The van der Waals surface area contributed by atoms with E-state index in [1.807, 2.05) is 24.3 Å². The van der Waals surface area contributed by atoms with E-state index < -0.39 is 17.5 Å². The zero-order valence-electron chi connectivity index (χ0n) is 19.8. The summed E-state index contributed by atoms with van der Waals surface area (Å²) in [5.41, 5.74) is 4.05. The van der Waals surface area contributed by atoms with Crippen molar-refractivity contribution < 1.29 is 24.2 Å². The van der Waals surface area contributed by atoms with E-state index in [4.69, 9.17) is 4.74 Å². The second-order valence-corrected chi connectivity index (χ2v) is 10.2. The third kappa shape index (κ3) is 4.90. The van der Waals surface area contributed by atoms with Gasteiger partial charge in [0, 0.05) is 18.5 Å². The SMILES string of the molecule is O=C(O)CC1CCCCC1NC(=O)C1(CNC(=O)OCC2c3ccccc3-c3ccccc32)CC1. The first-order chi connectivity index (χ1) is 17.0. The van der Waals surface area contributed by atoms with Crippen molar-refractivity contribution in [2.75, 3.05) is 13.2 Å². The monoisotopic (exact) mass is 476 g/mol. The Bertz CT molecular complexity index is 1080. The molecule has 2 fully saturated rings. The predicted molar refractivity (Wildman–Crippen MR) is 131 cm³/mol. The van der Waals surface area contributed by atoms with Crippen LogP contribution in [0.25, 0.3) is 11.1 Å². The van der Waals surface area contributed by atoms with Crippen LogP contribution in [-0.4, -0.2) is 42.3 Å². The van der Waals surface area contributed by atoms with Crippen LogP contribution in [0.4, 0.5) is 4.79 Å². The minimum absolute atomic E-state index is 0.0104. The number of aliphatic carboxylic acids is 1. The first-order valence-electron chi connectivity index (χ1n) is 12.6. The summed E-state index contributed by atoms with van der Waals surface area (Å²) >= 11 is 0. The van der Waals surface area contributed by atoms with Crippen molar-refractivity contribution in [2.45, 2.75) is 56.9 Å². The van der Waals surface area contributed by atoms with Crippen LogP contribution in [0, 0.1) is 11.3 Å². The van der Waals surface area contributed by atoms with Crippen LogP contribution < -0.4 is 10.6 Å². The van der Waals surface area contributed by atoms with Crippen LogP contribution in [0.5, 0.6) is 0 Å². The number of amides is 2. The van der Waals surface area contributed by atoms with Gasteiger partial charge in [0.15, 0.2) is 0 Å². The van der Waals surface area contributed by atoms with Crippen LogP contribution in [0.15, 0.2) is 48.5 Å². The van der Waals surface area contributed by atoms with Crippen molar-refractivity contribution in [2.24, 2.45) is 11.3 Å². The molecule has 2 unspecified atom stereocenters. The van der Waals surface area contributed by atoms with Crippen molar-refractivity contribution in [3.05, 3.63) is 59.7 Å². The number of carboxylic acid groups (broad SMARTS) is 1. The highest BCUT2D eigenvalue weighted by molar-refractivity contribution is 5.86. The number of carbonyl (C=O) groups is 3. The number of alkyl carbamates (subject to hydrolysis) is 1. The van der Waals surface area contributed by atoms with E-state index in [-0.39, 0.29) is 43.4 Å². The van der Waals surface area contributed by atoms with Crippen LogP contribution >= 0.6 is 0 Å². The molecular formula is C28H32N2O5. The summed E-state index contributed by atoms with van der Waals surface area (Å²) in [5.74, 6) is -0.951. The van der Waals surface area contributed by atoms with Gasteiger partial charge < -0.3 is 20.5 Å². The molecule has 3 N–H and O–H groups in total. The van der Waals surface area contributed by atoms with Gasteiger partial charge in [-0.15, -0.1) is 0 Å². The van der Waals surface area contributed by atoms with Crippen molar-refractivity contribution in [3.8, 4) is 11.1 Å². The number of hydrogen-bond donors (Lipinski definition) is 3. The summed E-state index contributed by atoms with van der Waals surface area (Å²) in [7, 11) is 0. The molecule has 0 aliphatic heterocycles. The van der Waals surface area contributed by atoms with Crippen molar-refractivity contribution >= 4 is 18.0 Å². The number of carboxylic acids is 1. The predicted octanol–water partition coefficient (Wildman–Crippen LogP) is 4.46. The topological polar surface area (TPSA) is 105 Å². The first kappa shape index (κ1) is 23.4. The Labute approximate surface area is 205 Å². The molecule has 2 aromatic rings. The summed E-state index contributed by atoms with van der Waals surface area (Å²) in [4.78, 5) is 36.8. The van der Waals surface area contributed by atoms with Gasteiger partial charge in [0.05, 0.1) is 11.8 Å². The van der Waals surface area contributed by atoms with E-state index in [1.54, 1.807) is 0 Å². The molecule has 2 atom stereocenters. The van der Waals surface area contributed by atoms with Crippen LogP contribution in [0.3, 0.4) is 0 Å². The zero-order valence-corrected chi connectivity index (χ0v) is 19.8. The lowest BCUT2D eigenvalue weighted by Gasteiger charge is -2.32. The average Bonchev–Trinajstić information content (AvgIpc) is 3.59. The molecule has 0 spiro atoms. The van der Waals surface area contributed by atoms with Gasteiger partial charge >= 0.3 is 12.1 Å². The minimum atomic E-state index is -0.825. The highest BCUT2D eigenvalue weighted by Crippen LogP contribution is 2.46. The maximum Gasteiger partial charge on any atom is 0.407 e. The Kier molecular flexibility index (Phi) is 6.50. The van der Waals surface area contributed by atoms with Crippen LogP contribution in [-0.2, 0) is 14.3 Å². The molecule has 0 aromatic heterocycles. The molecule has 0 bridgehead atoms. The molecule has 184 valence electrons. The van der Waals surface area contributed by atoms with Gasteiger partial charge in [-0.25, -0.2) is 4.79 Å². The van der Waals surface area contributed by atoms with Crippen LogP contribution in [0.2, 0.25) is 0 Å². The molecule has 7 heteroatoms. The molecule has 2 saturated carbocycles. The quantitative estimate of drug-likeness (QED) is 0.522. The highest BCUT2D eigenvalue weighted by Gasteiger charge is 2.51. The molecule has 2 amide bonds. The van der Waals surface area contributed by atoms with Gasteiger partial charge in [-0.3, -0.25) is 9.59 Å². The Morgan fingerprint density at radius 3 is 2.20 bits per heavy atom. The molecule has 0 heterocycles. The van der Waals surface area contributed by atoms with E-state index in [0.29, 0.717) is 12.8 Å². The molecule has 5 rings (SSSR count). The Hall–Kier alpha value is -3.35. The molecular weight excluding hydrogens is 444 g/mol. The van der Waals surface area contributed by atoms with E-state index in [9.17, 15) is 19.5 Å². The highest BCUT2D eigenvalue weighted by atomic mass is 16.5. The number of nitrogens with one attached hydrogen (secondary N) is 2. The van der Waals surface area contributed by atoms with E-state index >= 15 is 0 Å². The molecule has 3 aliphatic rings. The number of hydrogen-bond acceptors (Lipinski definition) is 4. The van der Waals surface area contributed by atoms with Crippen molar-refractivity contribution in [1.82, 2.24) is 10.6 Å². The number of ether oxygens (including phenoxy) is 1. The molecule has 7 nitrogen and oxygen atoms in total. The van der Waals surface area contributed by atoms with Gasteiger partial charge in [-0.1, -0.05) is 61.4 Å². The smallest absolute Gasteiger partial charge is 0.407 e. The standard InChI is InChI=1S/C28H32N2O5/c31-25(32)15-18-7-1-6-12-24(18)30-26(33)28(13-14-28)17-29-27(34)35-16-23-21-10-4-2-8-19(21)20-9-3-5-11-22(20)23/h2-5,8-11,18,23-24H,1,6-7,12-17H2,(H,29,34)(H,30,33)(H,31,32). The fraction of sp³-hybridized carbons (Fsp3) is 0.464. The number of benzene rings is 2. The Balaban J connectivity index is 1.15. The Morgan fingerprint density at radius 2 is 1.57 bits per heavy atom. The zero-order chi connectivity index (χ0) is 24.4. The normalized spacial score (nSPS) is 21.9. The summed E-state index contributed by atoms with van der Waals surface area (Å²) in [6, 6.07) is 16.3. The lowest BCUT2D eigenvalue weighted by Crippen LogP contribution is -2.48. The number of rotatable bonds is 8. The van der Waals surface area contributed by atoms with Crippen molar-refractivity contribution in [3.63, 3.8) is 0 Å². The lowest BCUT2D eigenvalue weighted by molar-refractivity contribution is -0.139. The average molecular weight is 477 g/mol. The maximum absolute atomic E-state index is 13.0. The summed E-state index contributed by atoms with van der Waals surface area (Å²) in [5, 5.41) is 15.1. The van der Waals surface area contributed by atoms with E-state index in [1.165, 1.54) is 11.1 Å². The lowest BCUT2D eigenvalue weighted by atomic mass is 9.82. The third-order valence-corrected chi connectivity index (χ3v) is 7.91. The largest absolute Gasteiger partial charge is 0.481 e. The maximum atomic E-state index is 13.0. The van der Waals surface area contributed by atoms with Gasteiger partial charge in [0.1, 0.15) is 6.61 Å². The molecule has 2 aromatic carbocycles. The number of fused-ring (bicyclic) bond motifs is 3. The van der Waals surface area contributed by atoms with Gasteiger partial charge in [0.25, 0.3) is 0 Å². The summed E-state index contributed by atoms with van der Waals surface area (Å²) in [6.45, 7) is 0.462. The molecule has 0 saturated heterocycles. The van der Waals surface area contributed by atoms with Gasteiger partial charge in [-0.05, 0) is 53.9 Å². The van der Waals surface area contributed by atoms with E-state index in [0.717, 1.165) is 36.8 Å². The van der Waals surface area contributed by atoms with Crippen molar-refractivity contribution in [1.29, 1.82) is 0 Å². The minimum Gasteiger partial charge on any atom is -0.481 e. The molecule has 3 aliphatic carbocycles. The van der Waals surface area contributed by atoms with Gasteiger partial charge in [-0.2, -0.15) is 0 Å². The molecule has 0 radical (unpaired) electrons. The van der Waals surface area contributed by atoms with Gasteiger partial charge in [0.2, 0.25) is 5.91 Å². The fourth-order valence-corrected chi connectivity index (χ4v) is 5.71. The molecule has 35 heavy (non-hydrogen) atoms. The second kappa shape index (κ2) is 9.72. The second-order valence-electron chi connectivity index (χ2n) is 10.2.